The van der Waals surface area contributed by atoms with Gasteiger partial charge < -0.3 is 9.64 Å². The van der Waals surface area contributed by atoms with Crippen molar-refractivity contribution in [2.75, 3.05) is 39.4 Å². The summed E-state index contributed by atoms with van der Waals surface area (Å²) in [5, 5.41) is 2.36. The smallest absolute Gasteiger partial charge is 0.254 e. The second-order valence-electron chi connectivity index (χ2n) is 9.45. The molecule has 172 valence electrons. The molecule has 0 aliphatic carbocycles. The summed E-state index contributed by atoms with van der Waals surface area (Å²) < 4.78 is 5.92. The molecule has 33 heavy (non-hydrogen) atoms. The summed E-state index contributed by atoms with van der Waals surface area (Å²) in [4.78, 5) is 22.4. The van der Waals surface area contributed by atoms with Crippen molar-refractivity contribution in [1.82, 2.24) is 14.8 Å². The van der Waals surface area contributed by atoms with E-state index in [0.29, 0.717) is 19.8 Å². The van der Waals surface area contributed by atoms with Gasteiger partial charge in [0.05, 0.1) is 13.2 Å². The van der Waals surface area contributed by atoms with Crippen molar-refractivity contribution < 1.29 is 9.53 Å². The van der Waals surface area contributed by atoms with E-state index in [4.69, 9.17) is 4.74 Å². The van der Waals surface area contributed by atoms with Gasteiger partial charge in [0, 0.05) is 48.9 Å². The van der Waals surface area contributed by atoms with Crippen LogP contribution in [0.1, 0.15) is 40.7 Å². The molecule has 0 spiro atoms. The summed E-state index contributed by atoms with van der Waals surface area (Å²) in [6, 6.07) is 16.8. The third kappa shape index (κ3) is 5.43. The van der Waals surface area contributed by atoms with Gasteiger partial charge >= 0.3 is 0 Å². The number of carbonyl (C=O) groups is 1. The number of aromatic nitrogens is 1. The molecule has 2 aliphatic rings. The SMILES string of the molecule is O=C(c1ccccc1CN1CCCCC1)N1CCOCC(Cc2ccc3ccncc3c2)C1. The maximum Gasteiger partial charge on any atom is 0.254 e. The Balaban J connectivity index is 1.30. The predicted octanol–water partition coefficient (Wildman–Crippen LogP) is 4.55. The molecule has 5 heteroatoms. The zero-order chi connectivity index (χ0) is 22.5. The molecule has 0 N–H and O–H groups in total. The van der Waals surface area contributed by atoms with Gasteiger partial charge in [-0.1, -0.05) is 36.8 Å². The minimum Gasteiger partial charge on any atom is -0.379 e. The monoisotopic (exact) mass is 443 g/mol. The van der Waals surface area contributed by atoms with Crippen molar-refractivity contribution in [3.63, 3.8) is 0 Å². The van der Waals surface area contributed by atoms with Gasteiger partial charge in [0.25, 0.3) is 5.91 Å². The van der Waals surface area contributed by atoms with Crippen molar-refractivity contribution in [3.8, 4) is 0 Å². The van der Waals surface area contributed by atoms with Gasteiger partial charge in [0.1, 0.15) is 0 Å². The molecule has 2 aliphatic heterocycles. The lowest BCUT2D eigenvalue weighted by atomic mass is 9.97. The van der Waals surface area contributed by atoms with Crippen molar-refractivity contribution in [1.29, 1.82) is 0 Å². The van der Waals surface area contributed by atoms with Crippen LogP contribution in [0.3, 0.4) is 0 Å². The number of amides is 1. The van der Waals surface area contributed by atoms with E-state index in [2.05, 4.69) is 40.2 Å². The minimum atomic E-state index is 0.140. The summed E-state index contributed by atoms with van der Waals surface area (Å²) in [5.41, 5.74) is 3.26. The number of rotatable bonds is 5. The molecular weight excluding hydrogens is 410 g/mol. The first kappa shape index (κ1) is 22.1. The van der Waals surface area contributed by atoms with E-state index in [1.807, 2.05) is 35.5 Å². The lowest BCUT2D eigenvalue weighted by molar-refractivity contribution is 0.0734. The molecule has 1 aromatic heterocycles. The highest BCUT2D eigenvalue weighted by atomic mass is 16.5. The Kier molecular flexibility index (Phi) is 6.98. The maximum atomic E-state index is 13.6. The Bertz CT molecular complexity index is 1090. The highest BCUT2D eigenvalue weighted by molar-refractivity contribution is 5.95. The molecule has 0 radical (unpaired) electrons. The lowest BCUT2D eigenvalue weighted by Gasteiger charge is -2.28. The van der Waals surface area contributed by atoms with Crippen molar-refractivity contribution in [3.05, 3.63) is 77.6 Å². The molecule has 3 heterocycles. The molecule has 0 bridgehead atoms. The summed E-state index contributed by atoms with van der Waals surface area (Å²) >= 11 is 0. The first-order valence-electron chi connectivity index (χ1n) is 12.3. The average molecular weight is 444 g/mol. The second kappa shape index (κ2) is 10.4. The van der Waals surface area contributed by atoms with E-state index in [1.165, 1.54) is 30.2 Å². The Hall–Kier alpha value is -2.76. The molecule has 5 rings (SSSR count). The fourth-order valence-electron chi connectivity index (χ4n) is 5.18. The van der Waals surface area contributed by atoms with Gasteiger partial charge in [-0.25, -0.2) is 0 Å². The highest BCUT2D eigenvalue weighted by Gasteiger charge is 2.25. The number of hydrogen-bond acceptors (Lipinski definition) is 4. The zero-order valence-electron chi connectivity index (χ0n) is 19.3. The van der Waals surface area contributed by atoms with E-state index in [9.17, 15) is 4.79 Å². The predicted molar refractivity (Wildman–Crippen MR) is 131 cm³/mol. The van der Waals surface area contributed by atoms with Gasteiger partial charge in [-0.3, -0.25) is 14.7 Å². The molecule has 2 fully saturated rings. The van der Waals surface area contributed by atoms with Crippen LogP contribution in [0.5, 0.6) is 0 Å². The fourth-order valence-corrected chi connectivity index (χ4v) is 5.18. The third-order valence-electron chi connectivity index (χ3n) is 6.94. The quantitative estimate of drug-likeness (QED) is 0.580. The maximum absolute atomic E-state index is 13.6. The van der Waals surface area contributed by atoms with Crippen molar-refractivity contribution >= 4 is 16.7 Å². The van der Waals surface area contributed by atoms with Crippen LogP contribution in [0.15, 0.2) is 60.9 Å². The standard InChI is InChI=1S/C28H33N3O2/c32-28(27-7-3-2-6-25(27)20-30-12-4-1-5-13-30)31-14-15-33-21-23(19-31)16-22-8-9-24-10-11-29-18-26(24)17-22/h2-3,6-11,17-18,23H,1,4-5,12-16,19-21H2. The van der Waals surface area contributed by atoms with Crippen LogP contribution in [0.2, 0.25) is 0 Å². The normalized spacial score (nSPS) is 20.0. The fraction of sp³-hybridized carbons (Fsp3) is 0.429. The Morgan fingerprint density at radius 3 is 2.79 bits per heavy atom. The number of nitrogens with zero attached hydrogens (tertiary/aromatic N) is 3. The van der Waals surface area contributed by atoms with Crippen LogP contribution in [0.4, 0.5) is 0 Å². The Morgan fingerprint density at radius 2 is 1.88 bits per heavy atom. The van der Waals surface area contributed by atoms with Crippen LogP contribution < -0.4 is 0 Å². The van der Waals surface area contributed by atoms with Crippen molar-refractivity contribution in [2.45, 2.75) is 32.2 Å². The number of hydrogen-bond donors (Lipinski definition) is 0. The molecule has 1 atom stereocenters. The van der Waals surface area contributed by atoms with Gasteiger partial charge in [0.2, 0.25) is 0 Å². The molecule has 5 nitrogen and oxygen atoms in total. The zero-order valence-corrected chi connectivity index (χ0v) is 19.3. The summed E-state index contributed by atoms with van der Waals surface area (Å²) in [6.45, 7) is 5.77. The number of pyridine rings is 1. The van der Waals surface area contributed by atoms with Crippen LogP contribution >= 0.6 is 0 Å². The molecular formula is C28H33N3O2. The van der Waals surface area contributed by atoms with Gasteiger partial charge in [-0.15, -0.1) is 0 Å². The molecule has 1 amide bonds. The Morgan fingerprint density at radius 1 is 1.00 bits per heavy atom. The molecule has 3 aromatic rings. The van der Waals surface area contributed by atoms with Crippen LogP contribution in [-0.2, 0) is 17.7 Å². The average Bonchev–Trinajstić information content (AvgIpc) is 3.10. The van der Waals surface area contributed by atoms with Gasteiger partial charge in [-0.05, 0) is 67.1 Å². The van der Waals surface area contributed by atoms with E-state index < -0.39 is 0 Å². The summed E-state index contributed by atoms with van der Waals surface area (Å²) in [5.74, 6) is 0.417. The van der Waals surface area contributed by atoms with E-state index in [1.54, 1.807) is 0 Å². The molecule has 2 saturated heterocycles. The number of carbonyl (C=O) groups excluding carboxylic acids is 1. The largest absolute Gasteiger partial charge is 0.379 e. The molecule has 1 unspecified atom stereocenters. The van der Waals surface area contributed by atoms with E-state index in [0.717, 1.165) is 49.1 Å². The lowest BCUT2D eigenvalue weighted by Crippen LogP contribution is -2.37. The van der Waals surface area contributed by atoms with Crippen molar-refractivity contribution in [2.24, 2.45) is 5.92 Å². The number of likely N-dealkylation sites (tertiary alicyclic amines) is 1. The van der Waals surface area contributed by atoms with Gasteiger partial charge in [0.15, 0.2) is 0 Å². The summed E-state index contributed by atoms with van der Waals surface area (Å²) in [7, 11) is 0. The number of ether oxygens (including phenoxy) is 1. The van der Waals surface area contributed by atoms with E-state index >= 15 is 0 Å². The topological polar surface area (TPSA) is 45.7 Å². The number of benzene rings is 2. The third-order valence-corrected chi connectivity index (χ3v) is 6.94. The second-order valence-corrected chi connectivity index (χ2v) is 9.45. The van der Waals surface area contributed by atoms with Crippen LogP contribution in [0.25, 0.3) is 10.8 Å². The molecule has 0 saturated carbocycles. The van der Waals surface area contributed by atoms with Gasteiger partial charge in [-0.2, -0.15) is 0 Å². The summed E-state index contributed by atoms with van der Waals surface area (Å²) in [6.07, 6.45) is 8.47. The number of fused-ring (bicyclic) bond motifs is 1. The van der Waals surface area contributed by atoms with E-state index in [-0.39, 0.29) is 11.8 Å². The molecule has 2 aromatic carbocycles. The first-order valence-corrected chi connectivity index (χ1v) is 12.3. The number of piperidine rings is 1. The van der Waals surface area contributed by atoms with Crippen LogP contribution in [0, 0.1) is 5.92 Å². The highest BCUT2D eigenvalue weighted by Crippen LogP contribution is 2.22. The first-order chi connectivity index (χ1) is 16.3. The minimum absolute atomic E-state index is 0.140. The van der Waals surface area contributed by atoms with Crippen LogP contribution in [-0.4, -0.2) is 60.1 Å². The Labute approximate surface area is 196 Å².